The number of non-ortho nitro benzene ring substituents is 1. The van der Waals surface area contributed by atoms with Crippen molar-refractivity contribution in [2.75, 3.05) is 0 Å². The van der Waals surface area contributed by atoms with E-state index in [1.807, 2.05) is 0 Å². The molecule has 1 fully saturated rings. The highest BCUT2D eigenvalue weighted by atomic mass is 32.2. The van der Waals surface area contributed by atoms with Gasteiger partial charge in [0.05, 0.1) is 21.9 Å². The summed E-state index contributed by atoms with van der Waals surface area (Å²) in [6.45, 7) is -0.0678. The third-order valence-corrected chi connectivity index (χ3v) is 4.70. The Kier molecular flexibility index (Phi) is 5.04. The summed E-state index contributed by atoms with van der Waals surface area (Å²) >= 11 is 0.765. The van der Waals surface area contributed by atoms with Crippen LogP contribution in [0.1, 0.15) is 21.5 Å². The number of imide groups is 1. The van der Waals surface area contributed by atoms with Gasteiger partial charge in [0, 0.05) is 12.1 Å². The third kappa shape index (κ3) is 4.04. The highest BCUT2D eigenvalue weighted by Crippen LogP contribution is 2.33. The topological polar surface area (TPSA) is 118 Å². The largest absolute Gasteiger partial charge is 0.478 e. The minimum absolute atomic E-state index is 0.0678. The van der Waals surface area contributed by atoms with Crippen molar-refractivity contribution in [3.05, 3.63) is 80.2 Å². The summed E-state index contributed by atoms with van der Waals surface area (Å²) in [7, 11) is 0. The van der Waals surface area contributed by atoms with E-state index in [0.29, 0.717) is 11.1 Å². The molecule has 8 nitrogen and oxygen atoms in total. The predicted molar refractivity (Wildman–Crippen MR) is 98.0 cm³/mol. The lowest BCUT2D eigenvalue weighted by Gasteiger charge is -2.12. The molecule has 1 saturated heterocycles. The number of carboxylic acid groups (broad SMARTS) is 1. The zero-order valence-electron chi connectivity index (χ0n) is 13.7. The van der Waals surface area contributed by atoms with Gasteiger partial charge in [0.2, 0.25) is 0 Å². The van der Waals surface area contributed by atoms with E-state index in [-0.39, 0.29) is 22.7 Å². The van der Waals surface area contributed by atoms with Gasteiger partial charge >= 0.3 is 5.97 Å². The van der Waals surface area contributed by atoms with Gasteiger partial charge in [-0.05, 0) is 41.1 Å². The Hall–Kier alpha value is -3.46. The van der Waals surface area contributed by atoms with Crippen molar-refractivity contribution >= 4 is 40.6 Å². The molecular formula is C18H12N2O6S. The van der Waals surface area contributed by atoms with E-state index in [2.05, 4.69) is 0 Å². The van der Waals surface area contributed by atoms with Crippen molar-refractivity contribution in [3.63, 3.8) is 0 Å². The van der Waals surface area contributed by atoms with Crippen molar-refractivity contribution in [1.29, 1.82) is 0 Å². The van der Waals surface area contributed by atoms with Gasteiger partial charge in [0.25, 0.3) is 16.8 Å². The van der Waals surface area contributed by atoms with Crippen molar-refractivity contribution in [3.8, 4) is 0 Å². The van der Waals surface area contributed by atoms with E-state index in [1.54, 1.807) is 6.07 Å². The maximum Gasteiger partial charge on any atom is 0.335 e. The van der Waals surface area contributed by atoms with E-state index < -0.39 is 22.0 Å². The lowest BCUT2D eigenvalue weighted by Crippen LogP contribution is -2.27. The lowest BCUT2D eigenvalue weighted by molar-refractivity contribution is -0.384. The Labute approximate surface area is 157 Å². The van der Waals surface area contributed by atoms with Gasteiger partial charge in [-0.25, -0.2) is 4.79 Å². The molecule has 2 amide bonds. The highest BCUT2D eigenvalue weighted by Gasteiger charge is 2.35. The molecule has 0 unspecified atom stereocenters. The van der Waals surface area contributed by atoms with Crippen LogP contribution in [0.3, 0.4) is 0 Å². The molecule has 9 heteroatoms. The van der Waals surface area contributed by atoms with Crippen LogP contribution in [0.2, 0.25) is 0 Å². The number of benzene rings is 2. The molecule has 1 aliphatic heterocycles. The molecule has 0 aromatic heterocycles. The quantitative estimate of drug-likeness (QED) is 0.476. The number of aromatic carboxylic acids is 1. The van der Waals surface area contributed by atoms with Gasteiger partial charge in [0.15, 0.2) is 0 Å². The minimum atomic E-state index is -1.06. The van der Waals surface area contributed by atoms with Crippen LogP contribution in [-0.4, -0.2) is 32.0 Å². The predicted octanol–water partition coefficient (Wildman–Crippen LogP) is 3.53. The molecule has 27 heavy (non-hydrogen) atoms. The molecule has 1 N–H and O–H groups in total. The van der Waals surface area contributed by atoms with Crippen molar-refractivity contribution in [2.45, 2.75) is 6.54 Å². The molecule has 2 aromatic rings. The van der Waals surface area contributed by atoms with Crippen LogP contribution in [0.25, 0.3) is 6.08 Å². The number of thioether (sulfide) groups is 1. The van der Waals surface area contributed by atoms with E-state index in [4.69, 9.17) is 5.11 Å². The Morgan fingerprint density at radius 2 is 1.89 bits per heavy atom. The second-order valence-corrected chi connectivity index (χ2v) is 6.62. The summed E-state index contributed by atoms with van der Waals surface area (Å²) in [4.78, 5) is 47.1. The second kappa shape index (κ2) is 7.42. The number of nitro groups is 1. The average Bonchev–Trinajstić information content (AvgIpc) is 2.90. The Morgan fingerprint density at radius 3 is 2.52 bits per heavy atom. The summed E-state index contributed by atoms with van der Waals surface area (Å²) in [5, 5.41) is 19.3. The zero-order chi connectivity index (χ0) is 19.6. The van der Waals surface area contributed by atoms with E-state index in [9.17, 15) is 24.5 Å². The van der Waals surface area contributed by atoms with Crippen molar-refractivity contribution in [2.24, 2.45) is 0 Å². The number of carbonyl (C=O) groups excluding carboxylic acids is 2. The fourth-order valence-corrected chi connectivity index (χ4v) is 3.30. The van der Waals surface area contributed by atoms with Crippen LogP contribution >= 0.6 is 11.8 Å². The first-order chi connectivity index (χ1) is 12.8. The molecule has 0 spiro atoms. The Morgan fingerprint density at radius 1 is 1.19 bits per heavy atom. The Bertz CT molecular complexity index is 984. The smallest absolute Gasteiger partial charge is 0.335 e. The second-order valence-electron chi connectivity index (χ2n) is 5.62. The molecule has 2 aromatic carbocycles. The molecule has 136 valence electrons. The van der Waals surface area contributed by atoms with E-state index in [1.165, 1.54) is 48.5 Å². The minimum Gasteiger partial charge on any atom is -0.478 e. The molecule has 1 heterocycles. The first kappa shape index (κ1) is 18.3. The van der Waals surface area contributed by atoms with Gasteiger partial charge in [-0.3, -0.25) is 24.6 Å². The summed E-state index contributed by atoms with van der Waals surface area (Å²) in [6.07, 6.45) is 1.50. The fraction of sp³-hybridized carbons (Fsp3) is 0.0556. The van der Waals surface area contributed by atoms with Crippen LogP contribution in [0.15, 0.2) is 53.4 Å². The molecule has 3 rings (SSSR count). The molecule has 0 atom stereocenters. The third-order valence-electron chi connectivity index (χ3n) is 3.79. The standard InChI is InChI=1S/C18H12N2O6S/c21-16-15(9-11-4-6-13(7-5-11)17(22)23)27-18(24)19(16)10-12-2-1-3-14(8-12)20(25)26/h1-9H,10H2,(H,22,23)/b15-9+. The van der Waals surface area contributed by atoms with Gasteiger partial charge in [-0.1, -0.05) is 24.3 Å². The van der Waals surface area contributed by atoms with Gasteiger partial charge < -0.3 is 5.11 Å². The molecule has 1 aliphatic rings. The number of amides is 2. The van der Waals surface area contributed by atoms with E-state index >= 15 is 0 Å². The normalized spacial score (nSPS) is 15.4. The van der Waals surface area contributed by atoms with Crippen molar-refractivity contribution < 1.29 is 24.4 Å². The highest BCUT2D eigenvalue weighted by molar-refractivity contribution is 8.18. The fourth-order valence-electron chi connectivity index (χ4n) is 2.46. The van der Waals surface area contributed by atoms with Crippen LogP contribution in [0, 0.1) is 10.1 Å². The summed E-state index contributed by atoms with van der Waals surface area (Å²) in [5.41, 5.74) is 1.05. The molecule has 0 radical (unpaired) electrons. The summed E-state index contributed by atoms with van der Waals surface area (Å²) < 4.78 is 0. The number of nitrogens with zero attached hydrogens (tertiary/aromatic N) is 2. The average molecular weight is 384 g/mol. The number of hydrogen-bond donors (Lipinski definition) is 1. The van der Waals surface area contributed by atoms with E-state index in [0.717, 1.165) is 16.7 Å². The van der Waals surface area contributed by atoms with Crippen molar-refractivity contribution in [1.82, 2.24) is 4.90 Å². The number of carboxylic acids is 1. The number of rotatable bonds is 5. The SMILES string of the molecule is O=C(O)c1ccc(/C=C2/SC(=O)N(Cc3cccc([N+](=O)[O-])c3)C2=O)cc1. The van der Waals surface area contributed by atoms with Gasteiger partial charge in [-0.2, -0.15) is 0 Å². The first-order valence-electron chi connectivity index (χ1n) is 7.67. The lowest BCUT2D eigenvalue weighted by atomic mass is 10.1. The molecule has 0 aliphatic carbocycles. The Balaban J connectivity index is 1.79. The maximum absolute atomic E-state index is 12.5. The molecular weight excluding hydrogens is 372 g/mol. The van der Waals surface area contributed by atoms with Crippen LogP contribution in [0.5, 0.6) is 0 Å². The molecule has 0 saturated carbocycles. The maximum atomic E-state index is 12.5. The monoisotopic (exact) mass is 384 g/mol. The summed E-state index contributed by atoms with van der Waals surface area (Å²) in [5.74, 6) is -1.56. The number of nitro benzene ring substituents is 1. The van der Waals surface area contributed by atoms with Gasteiger partial charge in [-0.15, -0.1) is 0 Å². The molecule has 0 bridgehead atoms. The zero-order valence-corrected chi connectivity index (χ0v) is 14.5. The van der Waals surface area contributed by atoms with Crippen LogP contribution in [0.4, 0.5) is 10.5 Å². The van der Waals surface area contributed by atoms with Crippen LogP contribution in [-0.2, 0) is 11.3 Å². The number of hydrogen-bond acceptors (Lipinski definition) is 6. The van der Waals surface area contributed by atoms with Crippen LogP contribution < -0.4 is 0 Å². The van der Waals surface area contributed by atoms with Gasteiger partial charge in [0.1, 0.15) is 0 Å². The number of carbonyl (C=O) groups is 3. The first-order valence-corrected chi connectivity index (χ1v) is 8.49. The summed E-state index contributed by atoms with van der Waals surface area (Å²) in [6, 6.07) is 11.6.